The minimum absolute atomic E-state index is 0.688. The summed E-state index contributed by atoms with van der Waals surface area (Å²) in [6, 6.07) is 13.7. The molecule has 0 fully saturated rings. The number of aliphatic hydroxyl groups is 1. The van der Waals surface area contributed by atoms with Crippen LogP contribution in [0, 0.1) is 0 Å². The first-order valence-corrected chi connectivity index (χ1v) is 6.47. The van der Waals surface area contributed by atoms with Gasteiger partial charge in [-0.15, -0.1) is 0 Å². The number of aromatic amines is 1. The molecule has 0 aliphatic carbocycles. The molecule has 2 aromatic carbocycles. The lowest BCUT2D eigenvalue weighted by molar-refractivity contribution is 0.203. The molecule has 0 spiro atoms. The number of para-hydroxylation sites is 1. The van der Waals surface area contributed by atoms with E-state index in [0.29, 0.717) is 5.02 Å². The molecule has 3 N–H and O–H groups in total. The molecule has 0 bridgehead atoms. The normalized spacial score (nSPS) is 16.8. The summed E-state index contributed by atoms with van der Waals surface area (Å²) in [6.07, 6.45) is -0.726. The second-order valence-electron chi connectivity index (χ2n) is 4.70. The number of anilines is 1. The number of benzene rings is 2. The molecule has 0 radical (unpaired) electrons. The Kier molecular flexibility index (Phi) is 2.16. The van der Waals surface area contributed by atoms with Gasteiger partial charge in [0.05, 0.1) is 5.69 Å². The molecule has 94 valence electrons. The van der Waals surface area contributed by atoms with Crippen molar-refractivity contribution in [3.05, 3.63) is 53.2 Å². The third-order valence-electron chi connectivity index (χ3n) is 3.55. The van der Waals surface area contributed by atoms with Crippen LogP contribution < -0.4 is 5.32 Å². The fourth-order valence-electron chi connectivity index (χ4n) is 2.73. The van der Waals surface area contributed by atoms with Crippen LogP contribution in [0.1, 0.15) is 11.9 Å². The molecule has 4 heteroatoms. The summed E-state index contributed by atoms with van der Waals surface area (Å²) in [4.78, 5) is 3.27. The van der Waals surface area contributed by atoms with Gasteiger partial charge in [0.2, 0.25) is 0 Å². The van der Waals surface area contributed by atoms with Gasteiger partial charge in [-0.1, -0.05) is 29.8 Å². The third kappa shape index (κ3) is 1.49. The zero-order valence-corrected chi connectivity index (χ0v) is 10.7. The molecule has 0 amide bonds. The Bertz CT molecular complexity index is 794. The van der Waals surface area contributed by atoms with E-state index in [9.17, 15) is 5.11 Å². The van der Waals surface area contributed by atoms with Gasteiger partial charge in [-0.2, -0.15) is 0 Å². The minimum atomic E-state index is -0.726. The zero-order chi connectivity index (χ0) is 13.0. The molecular formula is C15H11ClN2O. The van der Waals surface area contributed by atoms with Gasteiger partial charge in [0, 0.05) is 32.7 Å². The van der Waals surface area contributed by atoms with E-state index in [0.717, 1.165) is 33.4 Å². The summed E-state index contributed by atoms with van der Waals surface area (Å²) < 4.78 is 0. The maximum Gasteiger partial charge on any atom is 0.166 e. The van der Waals surface area contributed by atoms with E-state index >= 15 is 0 Å². The lowest BCUT2D eigenvalue weighted by Crippen LogP contribution is -2.15. The Morgan fingerprint density at radius 3 is 2.84 bits per heavy atom. The van der Waals surface area contributed by atoms with Gasteiger partial charge < -0.3 is 15.4 Å². The standard InChI is InChI=1S/C15H11ClN2O/c16-8-5-6-12-10(7-8)13-9-3-1-2-4-11(9)17-14(13)15(19)18-12/h1-7,15,17-19H. The molecule has 1 aliphatic heterocycles. The lowest BCUT2D eigenvalue weighted by Gasteiger charge is -2.23. The number of aromatic nitrogens is 1. The SMILES string of the molecule is OC1Nc2ccc(Cl)cc2-c2c1[nH]c1ccccc21. The van der Waals surface area contributed by atoms with Gasteiger partial charge in [-0.05, 0) is 24.3 Å². The number of rotatable bonds is 0. The number of halogens is 1. The van der Waals surface area contributed by atoms with Crippen molar-refractivity contribution in [2.75, 3.05) is 5.32 Å². The van der Waals surface area contributed by atoms with Gasteiger partial charge in [0.1, 0.15) is 0 Å². The summed E-state index contributed by atoms with van der Waals surface area (Å²) in [6.45, 7) is 0. The fourth-order valence-corrected chi connectivity index (χ4v) is 2.90. The van der Waals surface area contributed by atoms with Gasteiger partial charge in [0.25, 0.3) is 0 Å². The van der Waals surface area contributed by atoms with Gasteiger partial charge in [-0.25, -0.2) is 0 Å². The summed E-state index contributed by atoms with van der Waals surface area (Å²) in [5.74, 6) is 0. The first-order chi connectivity index (χ1) is 9.24. The Morgan fingerprint density at radius 1 is 1.11 bits per heavy atom. The van der Waals surface area contributed by atoms with E-state index in [4.69, 9.17) is 11.6 Å². The average molecular weight is 271 g/mol. The second kappa shape index (κ2) is 3.76. The van der Waals surface area contributed by atoms with Crippen LogP contribution in [0.5, 0.6) is 0 Å². The van der Waals surface area contributed by atoms with Crippen LogP contribution in [0.3, 0.4) is 0 Å². The van der Waals surface area contributed by atoms with E-state index in [1.54, 1.807) is 0 Å². The molecule has 0 saturated carbocycles. The van der Waals surface area contributed by atoms with Crippen LogP contribution in [-0.2, 0) is 0 Å². The number of aliphatic hydroxyl groups excluding tert-OH is 1. The van der Waals surface area contributed by atoms with Crippen molar-refractivity contribution in [2.45, 2.75) is 6.23 Å². The first-order valence-electron chi connectivity index (χ1n) is 6.09. The van der Waals surface area contributed by atoms with Crippen LogP contribution in [0.4, 0.5) is 5.69 Å². The molecule has 1 aliphatic rings. The summed E-state index contributed by atoms with van der Waals surface area (Å²) >= 11 is 6.10. The molecule has 1 aromatic heterocycles. The first kappa shape index (κ1) is 10.9. The highest BCUT2D eigenvalue weighted by Gasteiger charge is 2.26. The Morgan fingerprint density at radius 2 is 1.95 bits per heavy atom. The highest BCUT2D eigenvalue weighted by molar-refractivity contribution is 6.31. The monoisotopic (exact) mass is 270 g/mol. The van der Waals surface area contributed by atoms with Crippen LogP contribution >= 0.6 is 11.6 Å². The second-order valence-corrected chi connectivity index (χ2v) is 5.13. The van der Waals surface area contributed by atoms with Crippen LogP contribution in [-0.4, -0.2) is 10.1 Å². The number of fused-ring (bicyclic) bond motifs is 5. The zero-order valence-electron chi connectivity index (χ0n) is 9.94. The van der Waals surface area contributed by atoms with Crippen molar-refractivity contribution in [1.29, 1.82) is 0 Å². The number of hydrogen-bond donors (Lipinski definition) is 3. The predicted octanol–water partition coefficient (Wildman–Crippen LogP) is 3.90. The van der Waals surface area contributed by atoms with Crippen molar-refractivity contribution in [2.24, 2.45) is 0 Å². The molecule has 1 unspecified atom stereocenters. The van der Waals surface area contributed by atoms with Crippen LogP contribution in [0.15, 0.2) is 42.5 Å². The molecule has 19 heavy (non-hydrogen) atoms. The minimum Gasteiger partial charge on any atom is -0.368 e. The van der Waals surface area contributed by atoms with Crippen LogP contribution in [0.2, 0.25) is 5.02 Å². The number of hydrogen-bond acceptors (Lipinski definition) is 2. The molecule has 4 rings (SSSR count). The predicted molar refractivity (Wildman–Crippen MR) is 77.3 cm³/mol. The largest absolute Gasteiger partial charge is 0.368 e. The van der Waals surface area contributed by atoms with E-state index in [1.165, 1.54) is 0 Å². The maximum absolute atomic E-state index is 10.2. The van der Waals surface area contributed by atoms with E-state index in [2.05, 4.69) is 10.3 Å². The van der Waals surface area contributed by atoms with Gasteiger partial charge >= 0.3 is 0 Å². The topological polar surface area (TPSA) is 48.0 Å². The Labute approximate surface area is 114 Å². The van der Waals surface area contributed by atoms with E-state index in [1.807, 2.05) is 42.5 Å². The highest BCUT2D eigenvalue weighted by atomic mass is 35.5. The van der Waals surface area contributed by atoms with Crippen molar-refractivity contribution in [1.82, 2.24) is 4.98 Å². The summed E-state index contributed by atoms with van der Waals surface area (Å²) in [5.41, 5.74) is 4.75. The molecule has 3 nitrogen and oxygen atoms in total. The van der Waals surface area contributed by atoms with E-state index < -0.39 is 6.23 Å². The van der Waals surface area contributed by atoms with E-state index in [-0.39, 0.29) is 0 Å². The average Bonchev–Trinajstić information content (AvgIpc) is 2.80. The van der Waals surface area contributed by atoms with Gasteiger partial charge in [-0.3, -0.25) is 0 Å². The van der Waals surface area contributed by atoms with Crippen LogP contribution in [0.25, 0.3) is 22.0 Å². The summed E-state index contributed by atoms with van der Waals surface area (Å²) in [5, 5.41) is 15.1. The van der Waals surface area contributed by atoms with Crippen molar-refractivity contribution in [3.63, 3.8) is 0 Å². The third-order valence-corrected chi connectivity index (χ3v) is 3.79. The lowest BCUT2D eigenvalue weighted by atomic mass is 9.96. The molecule has 1 atom stereocenters. The van der Waals surface area contributed by atoms with Crippen molar-refractivity contribution < 1.29 is 5.11 Å². The fraction of sp³-hybridized carbons (Fsp3) is 0.0667. The van der Waals surface area contributed by atoms with Crippen molar-refractivity contribution in [3.8, 4) is 11.1 Å². The Hall–Kier alpha value is -1.97. The Balaban J connectivity index is 2.13. The number of nitrogens with one attached hydrogen (secondary N) is 2. The quantitative estimate of drug-likeness (QED) is 0.580. The molecule has 0 saturated heterocycles. The van der Waals surface area contributed by atoms with Crippen molar-refractivity contribution >= 4 is 28.2 Å². The summed E-state index contributed by atoms with van der Waals surface area (Å²) in [7, 11) is 0. The molecule has 3 aromatic rings. The molecule has 2 heterocycles. The maximum atomic E-state index is 10.2. The molecular weight excluding hydrogens is 260 g/mol. The highest BCUT2D eigenvalue weighted by Crippen LogP contribution is 2.44. The van der Waals surface area contributed by atoms with Gasteiger partial charge in [0.15, 0.2) is 6.23 Å². The number of H-pyrrole nitrogens is 1. The smallest absolute Gasteiger partial charge is 0.166 e.